The minimum atomic E-state index is -0.341. The van der Waals surface area contributed by atoms with Gasteiger partial charge in [-0.15, -0.1) is 0 Å². The average Bonchev–Trinajstić information content (AvgIpc) is 2.24. The Labute approximate surface area is 89.9 Å². The van der Waals surface area contributed by atoms with Crippen molar-refractivity contribution in [3.8, 4) is 0 Å². The van der Waals surface area contributed by atoms with Crippen molar-refractivity contribution in [2.24, 2.45) is 0 Å². The molecule has 0 spiro atoms. The smallest absolute Gasteiger partial charge is 0.234 e. The molecule has 0 fully saturated rings. The number of carbonyl (C=O) groups excluding carboxylic acids is 1. The van der Waals surface area contributed by atoms with Gasteiger partial charge < -0.3 is 25.2 Å². The summed E-state index contributed by atoms with van der Waals surface area (Å²) in [6.45, 7) is 1.58. The first-order chi connectivity index (χ1) is 7.24. The molecule has 0 aromatic rings. The quantitative estimate of drug-likeness (QED) is 0.406. The molecule has 0 aromatic heterocycles. The first-order valence-electron chi connectivity index (χ1n) is 4.83. The fourth-order valence-electron chi connectivity index (χ4n) is 0.996. The van der Waals surface area contributed by atoms with Gasteiger partial charge in [0.05, 0.1) is 32.4 Å². The van der Waals surface area contributed by atoms with Gasteiger partial charge in [-0.3, -0.25) is 4.79 Å². The summed E-state index contributed by atoms with van der Waals surface area (Å²) >= 11 is 0. The Hall–Kier alpha value is -0.690. The van der Waals surface area contributed by atoms with E-state index in [0.29, 0.717) is 19.8 Å². The zero-order valence-electron chi connectivity index (χ0n) is 9.28. The maximum Gasteiger partial charge on any atom is 0.234 e. The summed E-state index contributed by atoms with van der Waals surface area (Å²) in [5.41, 5.74) is 0. The van der Waals surface area contributed by atoms with Crippen LogP contribution in [0.3, 0.4) is 0 Å². The van der Waals surface area contributed by atoms with Crippen LogP contribution in [0.25, 0.3) is 0 Å². The summed E-state index contributed by atoms with van der Waals surface area (Å²) in [4.78, 5) is 11.3. The molecule has 6 nitrogen and oxygen atoms in total. The van der Waals surface area contributed by atoms with E-state index in [9.17, 15) is 4.79 Å². The predicted molar refractivity (Wildman–Crippen MR) is 55.6 cm³/mol. The van der Waals surface area contributed by atoms with Gasteiger partial charge >= 0.3 is 0 Å². The first kappa shape index (κ1) is 14.3. The van der Waals surface area contributed by atoms with Crippen molar-refractivity contribution in [2.75, 3.05) is 47.1 Å². The molecule has 0 radical (unpaired) electrons. The van der Waals surface area contributed by atoms with Crippen molar-refractivity contribution >= 4 is 5.91 Å². The van der Waals surface area contributed by atoms with Crippen molar-refractivity contribution in [2.45, 2.75) is 6.04 Å². The number of aliphatic hydroxyl groups is 1. The van der Waals surface area contributed by atoms with Crippen LogP contribution in [-0.4, -0.2) is 64.2 Å². The molecular weight excluding hydrogens is 200 g/mol. The second-order valence-electron chi connectivity index (χ2n) is 3.07. The highest BCUT2D eigenvalue weighted by Crippen LogP contribution is 1.82. The number of carbonyl (C=O) groups is 1. The molecule has 0 saturated heterocycles. The molecule has 0 aliphatic rings. The summed E-state index contributed by atoms with van der Waals surface area (Å²) < 4.78 is 9.63. The monoisotopic (exact) mass is 220 g/mol. The van der Waals surface area contributed by atoms with Crippen LogP contribution in [0.15, 0.2) is 0 Å². The molecule has 0 aromatic carbocycles. The van der Waals surface area contributed by atoms with E-state index in [1.807, 2.05) is 0 Å². The van der Waals surface area contributed by atoms with Crippen LogP contribution in [-0.2, 0) is 14.3 Å². The zero-order chi connectivity index (χ0) is 11.5. The van der Waals surface area contributed by atoms with Gasteiger partial charge in [0.15, 0.2) is 0 Å². The second-order valence-corrected chi connectivity index (χ2v) is 3.07. The van der Waals surface area contributed by atoms with E-state index in [0.717, 1.165) is 0 Å². The number of hydrogen-bond acceptors (Lipinski definition) is 5. The number of amides is 1. The lowest BCUT2D eigenvalue weighted by atomic mass is 10.3. The van der Waals surface area contributed by atoms with E-state index in [1.165, 1.54) is 7.11 Å². The van der Waals surface area contributed by atoms with E-state index < -0.39 is 0 Å². The van der Waals surface area contributed by atoms with Gasteiger partial charge in [0, 0.05) is 20.8 Å². The van der Waals surface area contributed by atoms with Gasteiger partial charge in [0.25, 0.3) is 0 Å². The standard InChI is InChI=1S/C9H20N2O4/c1-14-4-3-10-5-9(13)11-8(6-12)7-15-2/h8,10,12H,3-7H2,1-2H3,(H,11,13). The summed E-state index contributed by atoms with van der Waals surface area (Å²) in [5.74, 6) is -0.165. The number of aliphatic hydroxyl groups excluding tert-OH is 1. The van der Waals surface area contributed by atoms with Crippen LogP contribution in [0, 0.1) is 0 Å². The van der Waals surface area contributed by atoms with E-state index in [-0.39, 0.29) is 25.1 Å². The largest absolute Gasteiger partial charge is 0.394 e. The highest BCUT2D eigenvalue weighted by molar-refractivity contribution is 5.78. The van der Waals surface area contributed by atoms with E-state index in [4.69, 9.17) is 14.6 Å². The molecular formula is C9H20N2O4. The van der Waals surface area contributed by atoms with Crippen LogP contribution >= 0.6 is 0 Å². The molecule has 6 heteroatoms. The zero-order valence-corrected chi connectivity index (χ0v) is 9.28. The van der Waals surface area contributed by atoms with Gasteiger partial charge in [-0.2, -0.15) is 0 Å². The molecule has 1 atom stereocenters. The SMILES string of the molecule is COCCNCC(=O)NC(CO)COC. The van der Waals surface area contributed by atoms with Crippen LogP contribution in [0.4, 0.5) is 0 Å². The topological polar surface area (TPSA) is 79.8 Å². The summed E-state index contributed by atoms with van der Waals surface area (Å²) in [7, 11) is 3.12. The number of hydrogen-bond donors (Lipinski definition) is 3. The molecule has 1 amide bonds. The summed E-state index contributed by atoms with van der Waals surface area (Å²) in [6.07, 6.45) is 0. The lowest BCUT2D eigenvalue weighted by Crippen LogP contribution is -2.44. The molecule has 0 saturated carbocycles. The lowest BCUT2D eigenvalue weighted by molar-refractivity contribution is -0.121. The maximum atomic E-state index is 11.3. The molecule has 0 rings (SSSR count). The normalized spacial score (nSPS) is 12.5. The van der Waals surface area contributed by atoms with Gasteiger partial charge in [0.2, 0.25) is 5.91 Å². The number of ether oxygens (including phenoxy) is 2. The highest BCUT2D eigenvalue weighted by Gasteiger charge is 2.09. The van der Waals surface area contributed by atoms with E-state index in [2.05, 4.69) is 10.6 Å². The molecule has 15 heavy (non-hydrogen) atoms. The van der Waals surface area contributed by atoms with Crippen LogP contribution < -0.4 is 10.6 Å². The van der Waals surface area contributed by atoms with Crippen molar-refractivity contribution in [3.05, 3.63) is 0 Å². The third kappa shape index (κ3) is 8.31. The summed E-state index contributed by atoms with van der Waals surface area (Å²) in [5, 5.41) is 14.4. The van der Waals surface area contributed by atoms with Crippen LogP contribution in [0.1, 0.15) is 0 Å². The predicted octanol–water partition coefficient (Wildman–Crippen LogP) is -1.65. The van der Waals surface area contributed by atoms with Gasteiger partial charge in [-0.05, 0) is 0 Å². The van der Waals surface area contributed by atoms with Crippen LogP contribution in [0.2, 0.25) is 0 Å². The molecule has 0 bridgehead atoms. The Morgan fingerprint density at radius 2 is 2.13 bits per heavy atom. The van der Waals surface area contributed by atoms with Crippen molar-refractivity contribution < 1.29 is 19.4 Å². The fraction of sp³-hybridized carbons (Fsp3) is 0.889. The third-order valence-electron chi connectivity index (χ3n) is 1.72. The number of methoxy groups -OCH3 is 2. The average molecular weight is 220 g/mol. The van der Waals surface area contributed by atoms with Crippen molar-refractivity contribution in [1.82, 2.24) is 10.6 Å². The van der Waals surface area contributed by atoms with Crippen molar-refractivity contribution in [1.29, 1.82) is 0 Å². The van der Waals surface area contributed by atoms with E-state index >= 15 is 0 Å². The Morgan fingerprint density at radius 3 is 2.67 bits per heavy atom. The third-order valence-corrected chi connectivity index (χ3v) is 1.72. The highest BCUT2D eigenvalue weighted by atomic mass is 16.5. The maximum absolute atomic E-state index is 11.3. The minimum absolute atomic E-state index is 0.127. The van der Waals surface area contributed by atoms with Crippen molar-refractivity contribution in [3.63, 3.8) is 0 Å². The molecule has 0 aliphatic carbocycles. The molecule has 3 N–H and O–H groups in total. The number of nitrogens with one attached hydrogen (secondary N) is 2. The number of rotatable bonds is 9. The second kappa shape index (κ2) is 9.85. The first-order valence-corrected chi connectivity index (χ1v) is 4.83. The Balaban J connectivity index is 3.52. The molecule has 1 unspecified atom stereocenters. The van der Waals surface area contributed by atoms with Crippen LogP contribution in [0.5, 0.6) is 0 Å². The Morgan fingerprint density at radius 1 is 1.40 bits per heavy atom. The summed E-state index contributed by atoms with van der Waals surface area (Å²) in [6, 6.07) is -0.341. The van der Waals surface area contributed by atoms with Gasteiger partial charge in [0.1, 0.15) is 0 Å². The minimum Gasteiger partial charge on any atom is -0.394 e. The van der Waals surface area contributed by atoms with E-state index in [1.54, 1.807) is 7.11 Å². The Bertz CT molecular complexity index is 166. The molecule has 0 aliphatic heterocycles. The van der Waals surface area contributed by atoms with Gasteiger partial charge in [-0.25, -0.2) is 0 Å². The fourth-order valence-corrected chi connectivity index (χ4v) is 0.996. The molecule has 90 valence electrons. The Kier molecular flexibility index (Phi) is 9.40. The molecule has 0 heterocycles. The van der Waals surface area contributed by atoms with Gasteiger partial charge in [-0.1, -0.05) is 0 Å². The lowest BCUT2D eigenvalue weighted by Gasteiger charge is -2.15.